The van der Waals surface area contributed by atoms with Gasteiger partial charge in [-0.1, -0.05) is 30.3 Å². The second-order valence-electron chi connectivity index (χ2n) is 7.88. The van der Waals surface area contributed by atoms with Gasteiger partial charge in [0.05, 0.1) is 5.69 Å². The monoisotopic (exact) mass is 467 g/mol. The van der Waals surface area contributed by atoms with Crippen molar-refractivity contribution in [3.05, 3.63) is 102 Å². The summed E-state index contributed by atoms with van der Waals surface area (Å²) in [5.41, 5.74) is 9.79. The van der Waals surface area contributed by atoms with E-state index in [4.69, 9.17) is 4.74 Å². The minimum absolute atomic E-state index is 0.219. The van der Waals surface area contributed by atoms with Crippen molar-refractivity contribution < 1.29 is 14.3 Å². The molecule has 0 saturated heterocycles. The first-order chi connectivity index (χ1) is 17.0. The normalized spacial score (nSPS) is 10.8. The molecule has 0 unspecified atom stereocenters. The van der Waals surface area contributed by atoms with Crippen LogP contribution in [0.4, 0.5) is 0 Å². The lowest BCUT2D eigenvalue weighted by atomic mass is 10.1. The number of para-hydroxylation sites is 1. The van der Waals surface area contributed by atoms with Crippen LogP contribution in [0.1, 0.15) is 16.7 Å². The van der Waals surface area contributed by atoms with Gasteiger partial charge in [-0.3, -0.25) is 25.4 Å². The lowest BCUT2D eigenvalue weighted by Gasteiger charge is -2.10. The van der Waals surface area contributed by atoms with Crippen molar-refractivity contribution in [3.63, 3.8) is 0 Å². The van der Waals surface area contributed by atoms with Gasteiger partial charge in [0.15, 0.2) is 6.61 Å². The molecule has 0 aliphatic heterocycles. The zero-order chi connectivity index (χ0) is 24.6. The highest BCUT2D eigenvalue weighted by Gasteiger charge is 2.11. The van der Waals surface area contributed by atoms with E-state index in [2.05, 4.69) is 20.9 Å². The van der Waals surface area contributed by atoms with Gasteiger partial charge in [-0.15, -0.1) is 0 Å². The fraction of sp³-hybridized carbons (Fsp3) is 0.111. The number of aromatic nitrogens is 3. The predicted molar refractivity (Wildman–Crippen MR) is 134 cm³/mol. The molecule has 0 saturated carbocycles. The minimum Gasteiger partial charge on any atom is -0.483 e. The number of hydrogen-bond acceptors (Lipinski definition) is 5. The number of nitrogens with one attached hydrogen (secondary N) is 2. The molecule has 2 amide bonds. The van der Waals surface area contributed by atoms with E-state index in [1.54, 1.807) is 23.2 Å². The Labute approximate surface area is 203 Å². The molecular weight excluding hydrogens is 442 g/mol. The van der Waals surface area contributed by atoms with Crippen molar-refractivity contribution in [3.8, 4) is 22.7 Å². The van der Waals surface area contributed by atoms with Crippen LogP contribution in [0, 0.1) is 13.8 Å². The number of benzene rings is 2. The number of hydrazine groups is 1. The van der Waals surface area contributed by atoms with Crippen molar-refractivity contribution in [2.24, 2.45) is 0 Å². The quantitative estimate of drug-likeness (QED) is 0.318. The second kappa shape index (κ2) is 10.9. The van der Waals surface area contributed by atoms with E-state index < -0.39 is 11.8 Å². The molecule has 4 rings (SSSR count). The fourth-order valence-electron chi connectivity index (χ4n) is 3.33. The molecule has 0 atom stereocenters. The highest BCUT2D eigenvalue weighted by Crippen LogP contribution is 2.24. The van der Waals surface area contributed by atoms with Gasteiger partial charge in [0, 0.05) is 35.8 Å². The summed E-state index contributed by atoms with van der Waals surface area (Å²) < 4.78 is 7.29. The van der Waals surface area contributed by atoms with Gasteiger partial charge < -0.3 is 4.74 Å². The highest BCUT2D eigenvalue weighted by atomic mass is 16.5. The summed E-state index contributed by atoms with van der Waals surface area (Å²) in [6.07, 6.45) is 8.21. The SMILES string of the molecule is Cc1ccc(C)c(OCC(=O)NNC(=O)/C=C/c2cn(-c3ccccc3)nc2-c2cccnc2)c1. The maximum Gasteiger partial charge on any atom is 0.276 e. The molecular formula is C27H25N5O3. The maximum absolute atomic E-state index is 12.3. The summed E-state index contributed by atoms with van der Waals surface area (Å²) in [5.74, 6) is -0.333. The van der Waals surface area contributed by atoms with Crippen LogP contribution in [0.3, 0.4) is 0 Å². The summed E-state index contributed by atoms with van der Waals surface area (Å²) in [5, 5.41) is 4.68. The van der Waals surface area contributed by atoms with E-state index >= 15 is 0 Å². The van der Waals surface area contributed by atoms with Crippen LogP contribution in [-0.4, -0.2) is 33.2 Å². The molecule has 0 radical (unpaired) electrons. The second-order valence-corrected chi connectivity index (χ2v) is 7.88. The topological polar surface area (TPSA) is 98.1 Å². The number of ether oxygens (including phenoxy) is 1. The van der Waals surface area contributed by atoms with Gasteiger partial charge >= 0.3 is 0 Å². The summed E-state index contributed by atoms with van der Waals surface area (Å²) in [4.78, 5) is 28.6. The van der Waals surface area contributed by atoms with Crippen LogP contribution in [0.25, 0.3) is 23.0 Å². The smallest absolute Gasteiger partial charge is 0.276 e. The minimum atomic E-state index is -0.491. The first kappa shape index (κ1) is 23.4. The largest absolute Gasteiger partial charge is 0.483 e. The molecule has 2 N–H and O–H groups in total. The Hall–Kier alpha value is -4.72. The van der Waals surface area contributed by atoms with Gasteiger partial charge in [0.2, 0.25) is 0 Å². The third kappa shape index (κ3) is 6.20. The number of amides is 2. The van der Waals surface area contributed by atoms with Crippen LogP contribution in [0.5, 0.6) is 5.75 Å². The van der Waals surface area contributed by atoms with Crippen LogP contribution < -0.4 is 15.6 Å². The molecule has 8 heteroatoms. The van der Waals surface area contributed by atoms with Crippen LogP contribution in [0.2, 0.25) is 0 Å². The summed E-state index contributed by atoms with van der Waals surface area (Å²) in [6, 6.07) is 19.2. The maximum atomic E-state index is 12.3. The zero-order valence-electron chi connectivity index (χ0n) is 19.4. The molecule has 4 aromatic rings. The van der Waals surface area contributed by atoms with E-state index in [0.29, 0.717) is 11.4 Å². The van der Waals surface area contributed by atoms with E-state index in [1.165, 1.54) is 6.08 Å². The van der Waals surface area contributed by atoms with Gasteiger partial charge in [0.1, 0.15) is 11.4 Å². The number of carbonyl (C=O) groups is 2. The Morgan fingerprint density at radius 1 is 1.03 bits per heavy atom. The Morgan fingerprint density at radius 3 is 2.63 bits per heavy atom. The van der Waals surface area contributed by atoms with E-state index in [-0.39, 0.29) is 6.61 Å². The van der Waals surface area contributed by atoms with Gasteiger partial charge in [-0.05, 0) is 61.4 Å². The van der Waals surface area contributed by atoms with Gasteiger partial charge in [-0.25, -0.2) is 4.68 Å². The van der Waals surface area contributed by atoms with Crippen LogP contribution in [0.15, 0.2) is 85.3 Å². The zero-order valence-corrected chi connectivity index (χ0v) is 19.4. The molecule has 0 fully saturated rings. The standard InChI is InChI=1S/C27H25N5O3/c1-19-10-11-20(2)24(15-19)35-18-26(34)30-29-25(33)13-12-22-17-32(23-8-4-3-5-9-23)31-27(22)21-7-6-14-28-16-21/h3-17H,18H2,1-2H3,(H,29,33)(H,30,34)/b13-12+. The van der Waals surface area contributed by atoms with Crippen molar-refractivity contribution in [2.45, 2.75) is 13.8 Å². The fourth-order valence-corrected chi connectivity index (χ4v) is 3.33. The van der Waals surface area contributed by atoms with Gasteiger partial charge in [-0.2, -0.15) is 5.10 Å². The molecule has 2 aromatic carbocycles. The molecule has 8 nitrogen and oxygen atoms in total. The van der Waals surface area contributed by atoms with Crippen molar-refractivity contribution in [2.75, 3.05) is 6.61 Å². The first-order valence-electron chi connectivity index (χ1n) is 11.0. The Balaban J connectivity index is 1.40. The molecule has 0 spiro atoms. The van der Waals surface area contributed by atoms with Crippen molar-refractivity contribution in [1.29, 1.82) is 0 Å². The number of carbonyl (C=O) groups excluding carboxylic acids is 2. The number of hydrogen-bond donors (Lipinski definition) is 2. The van der Waals surface area contributed by atoms with Gasteiger partial charge in [0.25, 0.3) is 11.8 Å². The molecule has 35 heavy (non-hydrogen) atoms. The third-order valence-corrected chi connectivity index (χ3v) is 5.14. The van der Waals surface area contributed by atoms with Crippen LogP contribution >= 0.6 is 0 Å². The third-order valence-electron chi connectivity index (χ3n) is 5.14. The summed E-state index contributed by atoms with van der Waals surface area (Å²) in [6.45, 7) is 3.63. The molecule has 2 heterocycles. The van der Waals surface area contributed by atoms with E-state index in [1.807, 2.05) is 80.7 Å². The Bertz CT molecular complexity index is 1350. The lowest BCUT2D eigenvalue weighted by Crippen LogP contribution is -2.43. The number of nitrogens with zero attached hydrogens (tertiary/aromatic N) is 3. The Kier molecular flexibility index (Phi) is 7.32. The Morgan fingerprint density at radius 2 is 1.86 bits per heavy atom. The van der Waals surface area contributed by atoms with Crippen LogP contribution in [-0.2, 0) is 9.59 Å². The van der Waals surface area contributed by atoms with Crippen molar-refractivity contribution >= 4 is 17.9 Å². The van der Waals surface area contributed by atoms with E-state index in [9.17, 15) is 9.59 Å². The molecule has 0 bridgehead atoms. The molecule has 2 aromatic heterocycles. The summed E-state index contributed by atoms with van der Waals surface area (Å²) in [7, 11) is 0. The average molecular weight is 468 g/mol. The summed E-state index contributed by atoms with van der Waals surface area (Å²) >= 11 is 0. The molecule has 176 valence electrons. The number of aryl methyl sites for hydroxylation is 2. The first-order valence-corrected chi connectivity index (χ1v) is 11.0. The highest BCUT2D eigenvalue weighted by molar-refractivity contribution is 5.94. The average Bonchev–Trinajstić information content (AvgIpc) is 3.32. The molecule has 0 aliphatic carbocycles. The predicted octanol–water partition coefficient (Wildman–Crippen LogP) is 3.79. The number of rotatable bonds is 7. The van der Waals surface area contributed by atoms with Crippen molar-refractivity contribution in [1.82, 2.24) is 25.6 Å². The lowest BCUT2D eigenvalue weighted by molar-refractivity contribution is -0.128. The molecule has 0 aliphatic rings. The number of pyridine rings is 1. The van der Waals surface area contributed by atoms with E-state index in [0.717, 1.165) is 27.9 Å².